The van der Waals surface area contributed by atoms with Gasteiger partial charge in [0.05, 0.1) is 11.2 Å². The van der Waals surface area contributed by atoms with Crippen molar-refractivity contribution < 1.29 is 4.74 Å². The molecule has 152 valence electrons. The molecule has 0 amide bonds. The number of ether oxygens (including phenoxy) is 1. The van der Waals surface area contributed by atoms with E-state index >= 15 is 0 Å². The first-order valence-corrected chi connectivity index (χ1v) is 10.1. The van der Waals surface area contributed by atoms with Gasteiger partial charge in [-0.25, -0.2) is 0 Å². The topological polar surface area (TPSA) is 25.4 Å². The van der Waals surface area contributed by atoms with Crippen molar-refractivity contribution in [2.75, 3.05) is 4.90 Å². The lowest BCUT2D eigenvalue weighted by molar-refractivity contribution is 0.483. The van der Waals surface area contributed by atoms with Gasteiger partial charge >= 0.3 is 0 Å². The Kier molecular flexibility index (Phi) is 5.40. The molecule has 0 fully saturated rings. The van der Waals surface area contributed by atoms with Crippen molar-refractivity contribution in [2.45, 2.75) is 33.2 Å². The summed E-state index contributed by atoms with van der Waals surface area (Å²) >= 11 is 0. The number of anilines is 2. The number of nitrogens with zero attached hydrogens (tertiary/aromatic N) is 2. The minimum Gasteiger partial charge on any atom is -0.457 e. The van der Waals surface area contributed by atoms with Crippen LogP contribution in [0, 0.1) is 13.8 Å². The largest absolute Gasteiger partial charge is 0.457 e. The van der Waals surface area contributed by atoms with Crippen LogP contribution in [-0.4, -0.2) is 11.0 Å². The molecule has 1 aromatic heterocycles. The fraction of sp³-hybridized carbons (Fsp3) is 0.192. The van der Waals surface area contributed by atoms with Crippen LogP contribution in [0.5, 0.6) is 11.5 Å². The van der Waals surface area contributed by atoms with Crippen LogP contribution in [0.25, 0.3) is 10.9 Å². The Hall–Kier alpha value is -3.04. The number of aryl methyl sites for hydroxylation is 2. The van der Waals surface area contributed by atoms with Gasteiger partial charge in [0.1, 0.15) is 11.5 Å². The molecule has 0 saturated heterocycles. The number of fused-ring (bicyclic) bond motifs is 3. The first kappa shape index (κ1) is 20.2. The molecule has 1 atom stereocenters. The fourth-order valence-corrected chi connectivity index (χ4v) is 4.39. The van der Waals surface area contributed by atoms with Gasteiger partial charge in [0.25, 0.3) is 0 Å². The standard InChI is InChI=1S/C26H24N2O.ClH/c1-17-9-7-8-12-25(17)28-18(2)15-22-19(3)27-24-14-13-21(16-23(24)26(22)28)29-20-10-5-4-6-11-20;/h4-14,16,18H,15H2,1-3H3;1H. The molecule has 4 heteroatoms. The lowest BCUT2D eigenvalue weighted by Crippen LogP contribution is -2.24. The zero-order valence-electron chi connectivity index (χ0n) is 17.4. The number of para-hydroxylation sites is 2. The summed E-state index contributed by atoms with van der Waals surface area (Å²) in [4.78, 5) is 7.38. The van der Waals surface area contributed by atoms with E-state index in [9.17, 15) is 0 Å². The molecule has 3 aromatic carbocycles. The van der Waals surface area contributed by atoms with Crippen molar-refractivity contribution in [2.24, 2.45) is 0 Å². The third-order valence-corrected chi connectivity index (χ3v) is 5.77. The van der Waals surface area contributed by atoms with E-state index in [0.29, 0.717) is 6.04 Å². The van der Waals surface area contributed by atoms with Crippen LogP contribution in [0.15, 0.2) is 72.8 Å². The van der Waals surface area contributed by atoms with E-state index < -0.39 is 0 Å². The van der Waals surface area contributed by atoms with Crippen molar-refractivity contribution in [1.29, 1.82) is 0 Å². The van der Waals surface area contributed by atoms with Crippen molar-refractivity contribution in [3.8, 4) is 11.5 Å². The molecule has 5 rings (SSSR count). The predicted octanol–water partition coefficient (Wildman–Crippen LogP) is 7.15. The smallest absolute Gasteiger partial charge is 0.128 e. The van der Waals surface area contributed by atoms with Gasteiger partial charge in [-0.1, -0.05) is 36.4 Å². The van der Waals surface area contributed by atoms with Crippen molar-refractivity contribution >= 4 is 34.7 Å². The molecule has 1 aliphatic rings. The summed E-state index contributed by atoms with van der Waals surface area (Å²) < 4.78 is 6.12. The highest BCUT2D eigenvalue weighted by atomic mass is 35.5. The van der Waals surface area contributed by atoms with Gasteiger partial charge in [0.15, 0.2) is 0 Å². The number of halogens is 1. The molecule has 0 N–H and O–H groups in total. The zero-order chi connectivity index (χ0) is 20.0. The monoisotopic (exact) mass is 416 g/mol. The fourth-order valence-electron chi connectivity index (χ4n) is 4.39. The number of hydrogen-bond acceptors (Lipinski definition) is 3. The minimum absolute atomic E-state index is 0. The van der Waals surface area contributed by atoms with Crippen LogP contribution in [0.1, 0.15) is 23.7 Å². The van der Waals surface area contributed by atoms with Crippen molar-refractivity contribution in [3.05, 3.63) is 89.6 Å². The van der Waals surface area contributed by atoms with Crippen LogP contribution < -0.4 is 9.64 Å². The lowest BCUT2D eigenvalue weighted by atomic mass is 10.0. The Morgan fingerprint density at radius 2 is 1.63 bits per heavy atom. The van der Waals surface area contributed by atoms with E-state index in [0.717, 1.165) is 34.5 Å². The van der Waals surface area contributed by atoms with E-state index in [1.54, 1.807) is 0 Å². The minimum atomic E-state index is 0. The van der Waals surface area contributed by atoms with E-state index in [1.807, 2.05) is 36.4 Å². The van der Waals surface area contributed by atoms with Gasteiger partial charge in [0, 0.05) is 22.8 Å². The summed E-state index contributed by atoms with van der Waals surface area (Å²) in [5.41, 5.74) is 7.28. The second-order valence-electron chi connectivity index (χ2n) is 7.83. The number of aromatic nitrogens is 1. The maximum absolute atomic E-state index is 6.12. The summed E-state index contributed by atoms with van der Waals surface area (Å²) in [6.07, 6.45) is 1.00. The molecule has 0 bridgehead atoms. The highest BCUT2D eigenvalue weighted by Crippen LogP contribution is 2.45. The molecule has 0 radical (unpaired) electrons. The van der Waals surface area contributed by atoms with Gasteiger partial charge < -0.3 is 9.64 Å². The Morgan fingerprint density at radius 3 is 2.40 bits per heavy atom. The molecular weight excluding hydrogens is 392 g/mol. The quantitative estimate of drug-likeness (QED) is 0.354. The average molecular weight is 417 g/mol. The van der Waals surface area contributed by atoms with Crippen molar-refractivity contribution in [3.63, 3.8) is 0 Å². The number of hydrogen-bond donors (Lipinski definition) is 0. The van der Waals surface area contributed by atoms with Gasteiger partial charge in [-0.15, -0.1) is 12.4 Å². The van der Waals surface area contributed by atoms with E-state index in [2.05, 4.69) is 62.1 Å². The highest BCUT2D eigenvalue weighted by Gasteiger charge is 2.32. The van der Waals surface area contributed by atoms with Gasteiger partial charge in [-0.2, -0.15) is 0 Å². The SMILES string of the molecule is Cc1ccccc1N1c2c(c(C)nc3ccc(Oc4ccccc4)cc23)CC1C.Cl. The first-order chi connectivity index (χ1) is 14.1. The highest BCUT2D eigenvalue weighted by molar-refractivity contribution is 5.98. The molecule has 0 saturated carbocycles. The zero-order valence-corrected chi connectivity index (χ0v) is 18.2. The van der Waals surface area contributed by atoms with Crippen LogP contribution in [-0.2, 0) is 6.42 Å². The van der Waals surface area contributed by atoms with Crippen molar-refractivity contribution in [1.82, 2.24) is 4.98 Å². The van der Waals surface area contributed by atoms with Crippen LogP contribution >= 0.6 is 12.4 Å². The third-order valence-electron chi connectivity index (χ3n) is 5.77. The molecule has 30 heavy (non-hydrogen) atoms. The Morgan fingerprint density at radius 1 is 0.900 bits per heavy atom. The molecule has 3 nitrogen and oxygen atoms in total. The van der Waals surface area contributed by atoms with Crippen LogP contribution in [0.4, 0.5) is 11.4 Å². The van der Waals surface area contributed by atoms with E-state index in [-0.39, 0.29) is 12.4 Å². The summed E-state index contributed by atoms with van der Waals surface area (Å²) in [7, 11) is 0. The number of benzene rings is 3. The van der Waals surface area contributed by atoms with Gasteiger partial charge in [-0.3, -0.25) is 4.98 Å². The van der Waals surface area contributed by atoms with E-state index in [1.165, 1.54) is 22.5 Å². The number of rotatable bonds is 3. The summed E-state index contributed by atoms with van der Waals surface area (Å²) in [6, 6.07) is 25.1. The van der Waals surface area contributed by atoms with Crippen LogP contribution in [0.3, 0.4) is 0 Å². The first-order valence-electron chi connectivity index (χ1n) is 10.1. The molecule has 4 aromatic rings. The third kappa shape index (κ3) is 3.40. The molecule has 0 spiro atoms. The summed E-state index contributed by atoms with van der Waals surface area (Å²) in [5, 5.41) is 1.15. The predicted molar refractivity (Wildman–Crippen MR) is 127 cm³/mol. The summed E-state index contributed by atoms with van der Waals surface area (Å²) in [5.74, 6) is 1.67. The van der Waals surface area contributed by atoms with Gasteiger partial charge in [-0.05, 0) is 74.7 Å². The normalized spacial score (nSPS) is 15.0. The maximum Gasteiger partial charge on any atom is 0.128 e. The lowest BCUT2D eigenvalue weighted by Gasteiger charge is -2.28. The van der Waals surface area contributed by atoms with Crippen LogP contribution in [0.2, 0.25) is 0 Å². The Balaban J connectivity index is 0.00000218. The van der Waals surface area contributed by atoms with Gasteiger partial charge in [0.2, 0.25) is 0 Å². The molecule has 1 unspecified atom stereocenters. The maximum atomic E-state index is 6.12. The second kappa shape index (κ2) is 8.00. The number of pyridine rings is 1. The molecule has 0 aliphatic carbocycles. The molecule has 2 heterocycles. The molecule has 1 aliphatic heterocycles. The Labute approximate surface area is 183 Å². The molecular formula is C26H25ClN2O. The average Bonchev–Trinajstić information content (AvgIpc) is 3.07. The Bertz CT molecular complexity index is 1210. The summed E-state index contributed by atoms with van der Waals surface area (Å²) in [6.45, 7) is 6.60. The second-order valence-corrected chi connectivity index (χ2v) is 7.83. The van der Waals surface area contributed by atoms with E-state index in [4.69, 9.17) is 9.72 Å².